The van der Waals surface area contributed by atoms with Crippen molar-refractivity contribution in [1.82, 2.24) is 5.32 Å². The molecule has 0 aliphatic rings. The number of halogens is 1. The Labute approximate surface area is 133 Å². The van der Waals surface area contributed by atoms with E-state index in [0.29, 0.717) is 18.7 Å². The number of benzene rings is 2. The van der Waals surface area contributed by atoms with Crippen LogP contribution in [-0.2, 0) is 11.2 Å². The Bertz CT molecular complexity index is 599. The molecule has 0 bridgehead atoms. The minimum Gasteiger partial charge on any atom is -0.484 e. The zero-order valence-corrected chi connectivity index (χ0v) is 13.2. The molecule has 0 atom stereocenters. The van der Waals surface area contributed by atoms with Gasteiger partial charge in [-0.1, -0.05) is 12.1 Å². The first-order chi connectivity index (χ1) is 10.7. The number of nitrogens with one attached hydrogen (secondary N) is 1. The summed E-state index contributed by atoms with van der Waals surface area (Å²) in [5, 5.41) is 2.78. The number of rotatable bonds is 7. The summed E-state index contributed by atoms with van der Waals surface area (Å²) in [5.74, 6) is 0.246. The molecule has 22 heavy (non-hydrogen) atoms. The summed E-state index contributed by atoms with van der Waals surface area (Å²) in [6.07, 6.45) is 2.67. The smallest absolute Gasteiger partial charge is 0.257 e. The molecule has 2 aromatic rings. The highest BCUT2D eigenvalue weighted by atomic mass is 32.2. The van der Waals surface area contributed by atoms with Gasteiger partial charge in [-0.05, 0) is 54.6 Å². The number of amides is 1. The zero-order chi connectivity index (χ0) is 15.8. The Morgan fingerprint density at radius 3 is 2.45 bits per heavy atom. The molecule has 1 amide bonds. The van der Waals surface area contributed by atoms with E-state index in [9.17, 15) is 9.18 Å². The lowest BCUT2D eigenvalue weighted by Gasteiger charge is -2.08. The van der Waals surface area contributed by atoms with Gasteiger partial charge in [0.1, 0.15) is 11.6 Å². The first-order valence-corrected chi connectivity index (χ1v) is 8.18. The third kappa shape index (κ3) is 5.41. The molecule has 3 nitrogen and oxygen atoms in total. The van der Waals surface area contributed by atoms with Crippen LogP contribution >= 0.6 is 11.8 Å². The predicted octanol–water partition coefficient (Wildman–Crippen LogP) is 3.29. The standard InChI is InChI=1S/C17H18FNO2S/c1-22-16-8-6-15(7-9-16)21-12-17(20)19-11-10-13-2-4-14(18)5-3-13/h2-9H,10-12H2,1H3,(H,19,20). The maximum atomic E-state index is 12.8. The summed E-state index contributed by atoms with van der Waals surface area (Å²) < 4.78 is 18.2. The molecule has 0 aliphatic carbocycles. The molecule has 0 heterocycles. The number of thioether (sulfide) groups is 1. The van der Waals surface area contributed by atoms with Gasteiger partial charge in [-0.25, -0.2) is 4.39 Å². The number of ether oxygens (including phenoxy) is 1. The van der Waals surface area contributed by atoms with E-state index in [4.69, 9.17) is 4.74 Å². The summed E-state index contributed by atoms with van der Waals surface area (Å²) in [5.41, 5.74) is 0.982. The second-order valence-electron chi connectivity index (χ2n) is 4.69. The van der Waals surface area contributed by atoms with E-state index in [-0.39, 0.29) is 18.3 Å². The fourth-order valence-electron chi connectivity index (χ4n) is 1.87. The van der Waals surface area contributed by atoms with Crippen LogP contribution in [0.15, 0.2) is 53.4 Å². The highest BCUT2D eigenvalue weighted by molar-refractivity contribution is 7.98. The van der Waals surface area contributed by atoms with Gasteiger partial charge in [0.05, 0.1) is 0 Å². The summed E-state index contributed by atoms with van der Waals surface area (Å²) >= 11 is 1.65. The number of hydrogen-bond acceptors (Lipinski definition) is 3. The van der Waals surface area contributed by atoms with Crippen molar-refractivity contribution < 1.29 is 13.9 Å². The number of carbonyl (C=O) groups is 1. The van der Waals surface area contributed by atoms with Gasteiger partial charge in [-0.2, -0.15) is 0 Å². The monoisotopic (exact) mass is 319 g/mol. The Balaban J connectivity index is 1.68. The molecule has 0 radical (unpaired) electrons. The van der Waals surface area contributed by atoms with Gasteiger partial charge < -0.3 is 10.1 Å². The fraction of sp³-hybridized carbons (Fsp3) is 0.235. The highest BCUT2D eigenvalue weighted by Crippen LogP contribution is 2.18. The van der Waals surface area contributed by atoms with Crippen molar-refractivity contribution >= 4 is 17.7 Å². The van der Waals surface area contributed by atoms with E-state index in [1.54, 1.807) is 23.9 Å². The molecule has 2 aromatic carbocycles. The molecule has 0 aromatic heterocycles. The van der Waals surface area contributed by atoms with E-state index >= 15 is 0 Å². The Kier molecular flexibility index (Phi) is 6.27. The van der Waals surface area contributed by atoms with Crippen molar-refractivity contribution in [2.45, 2.75) is 11.3 Å². The maximum absolute atomic E-state index is 12.8. The lowest BCUT2D eigenvalue weighted by molar-refractivity contribution is -0.123. The van der Waals surface area contributed by atoms with Crippen LogP contribution in [0, 0.1) is 5.82 Å². The molecule has 1 N–H and O–H groups in total. The van der Waals surface area contributed by atoms with Crippen molar-refractivity contribution in [1.29, 1.82) is 0 Å². The van der Waals surface area contributed by atoms with Gasteiger partial charge in [0, 0.05) is 11.4 Å². The Hall–Kier alpha value is -2.01. The number of hydrogen-bond donors (Lipinski definition) is 1. The van der Waals surface area contributed by atoms with Gasteiger partial charge in [0.15, 0.2) is 6.61 Å². The van der Waals surface area contributed by atoms with E-state index in [1.807, 2.05) is 30.5 Å². The first kappa shape index (κ1) is 16.4. The van der Waals surface area contributed by atoms with Gasteiger partial charge >= 0.3 is 0 Å². The first-order valence-electron chi connectivity index (χ1n) is 6.95. The SMILES string of the molecule is CSc1ccc(OCC(=O)NCCc2ccc(F)cc2)cc1. The topological polar surface area (TPSA) is 38.3 Å². The van der Waals surface area contributed by atoms with Crippen LogP contribution in [-0.4, -0.2) is 25.3 Å². The molecule has 0 unspecified atom stereocenters. The van der Waals surface area contributed by atoms with Gasteiger partial charge in [0.25, 0.3) is 5.91 Å². The minimum absolute atomic E-state index is 0.0119. The lowest BCUT2D eigenvalue weighted by atomic mass is 10.1. The lowest BCUT2D eigenvalue weighted by Crippen LogP contribution is -2.30. The molecule has 5 heteroatoms. The largest absolute Gasteiger partial charge is 0.484 e. The van der Waals surface area contributed by atoms with Crippen LogP contribution in [0.2, 0.25) is 0 Å². The van der Waals surface area contributed by atoms with Crippen molar-refractivity contribution in [3.05, 3.63) is 59.9 Å². The summed E-state index contributed by atoms with van der Waals surface area (Å²) in [4.78, 5) is 12.8. The van der Waals surface area contributed by atoms with Crippen LogP contribution in [0.5, 0.6) is 5.75 Å². The molecule has 0 saturated carbocycles. The molecule has 2 rings (SSSR count). The predicted molar refractivity (Wildman–Crippen MR) is 86.8 cm³/mol. The van der Waals surface area contributed by atoms with Crippen LogP contribution in [0.4, 0.5) is 4.39 Å². The van der Waals surface area contributed by atoms with Crippen molar-refractivity contribution in [2.75, 3.05) is 19.4 Å². The van der Waals surface area contributed by atoms with Crippen LogP contribution in [0.25, 0.3) is 0 Å². The second-order valence-corrected chi connectivity index (χ2v) is 5.57. The molecule has 0 fully saturated rings. The van der Waals surface area contributed by atoms with E-state index < -0.39 is 0 Å². The van der Waals surface area contributed by atoms with Crippen LogP contribution in [0.3, 0.4) is 0 Å². The van der Waals surface area contributed by atoms with E-state index in [0.717, 1.165) is 10.5 Å². The summed E-state index contributed by atoms with van der Waals surface area (Å²) in [6, 6.07) is 13.8. The number of carbonyl (C=O) groups excluding carboxylic acids is 1. The van der Waals surface area contributed by atoms with E-state index in [2.05, 4.69) is 5.32 Å². The van der Waals surface area contributed by atoms with Crippen LogP contribution in [0.1, 0.15) is 5.56 Å². The summed E-state index contributed by atoms with van der Waals surface area (Å²) in [6.45, 7) is 0.487. The molecule has 0 spiro atoms. The maximum Gasteiger partial charge on any atom is 0.257 e. The Morgan fingerprint density at radius 1 is 1.14 bits per heavy atom. The summed E-state index contributed by atoms with van der Waals surface area (Å²) in [7, 11) is 0. The van der Waals surface area contributed by atoms with Crippen LogP contribution < -0.4 is 10.1 Å². The fourth-order valence-corrected chi connectivity index (χ4v) is 2.28. The van der Waals surface area contributed by atoms with Crippen molar-refractivity contribution in [2.24, 2.45) is 0 Å². The van der Waals surface area contributed by atoms with Gasteiger partial charge in [-0.15, -0.1) is 11.8 Å². The minimum atomic E-state index is -0.256. The molecular formula is C17H18FNO2S. The highest BCUT2D eigenvalue weighted by Gasteiger charge is 2.03. The van der Waals surface area contributed by atoms with Crippen molar-refractivity contribution in [3.63, 3.8) is 0 Å². The van der Waals surface area contributed by atoms with E-state index in [1.165, 1.54) is 12.1 Å². The normalized spacial score (nSPS) is 10.3. The Morgan fingerprint density at radius 2 is 1.82 bits per heavy atom. The van der Waals surface area contributed by atoms with Crippen molar-refractivity contribution in [3.8, 4) is 5.75 Å². The molecular weight excluding hydrogens is 301 g/mol. The quantitative estimate of drug-likeness (QED) is 0.796. The van der Waals surface area contributed by atoms with Gasteiger partial charge in [-0.3, -0.25) is 4.79 Å². The average molecular weight is 319 g/mol. The van der Waals surface area contributed by atoms with Gasteiger partial charge in [0.2, 0.25) is 0 Å². The average Bonchev–Trinajstić information content (AvgIpc) is 2.55. The second kappa shape index (κ2) is 8.44. The molecule has 116 valence electrons. The molecule has 0 aliphatic heterocycles. The molecule has 0 saturated heterocycles. The zero-order valence-electron chi connectivity index (χ0n) is 12.3. The third-order valence-electron chi connectivity index (χ3n) is 3.08. The third-order valence-corrected chi connectivity index (χ3v) is 3.82.